The van der Waals surface area contributed by atoms with Gasteiger partial charge in [0.05, 0.1) is 11.4 Å². The van der Waals surface area contributed by atoms with E-state index in [9.17, 15) is 4.79 Å². The molecule has 0 unspecified atom stereocenters. The molecule has 0 fully saturated rings. The zero-order chi connectivity index (χ0) is 14.0. The van der Waals surface area contributed by atoms with Crippen molar-refractivity contribution >= 4 is 38.9 Å². The number of aryl methyl sites for hydroxylation is 1. The molecule has 2 rings (SSSR count). The number of nitrogens with two attached hydrogens (primary N) is 2. The monoisotopic (exact) mass is 319 g/mol. The van der Waals surface area contributed by atoms with E-state index >= 15 is 0 Å². The number of carbonyl (C=O) groups excluding carboxylic acids is 1. The fourth-order valence-corrected chi connectivity index (χ4v) is 2.05. The first-order valence-corrected chi connectivity index (χ1v) is 6.49. The average Bonchev–Trinajstić information content (AvgIpc) is 2.36. The number of nitrogen functional groups attached to an aromatic ring is 1. The minimum atomic E-state index is -0.478. The second kappa shape index (κ2) is 5.32. The first-order valence-electron chi connectivity index (χ1n) is 5.70. The van der Waals surface area contributed by atoms with Crippen molar-refractivity contribution in [3.8, 4) is 0 Å². The van der Waals surface area contributed by atoms with Crippen LogP contribution in [0.25, 0.3) is 0 Å². The van der Waals surface area contributed by atoms with Gasteiger partial charge in [-0.05, 0) is 42.8 Å². The quantitative estimate of drug-likeness (QED) is 0.760. The van der Waals surface area contributed by atoms with Gasteiger partial charge >= 0.3 is 0 Å². The third-order valence-electron chi connectivity index (χ3n) is 2.81. The van der Waals surface area contributed by atoms with Gasteiger partial charge in [0.2, 0.25) is 5.91 Å². The number of carbonyl (C=O) groups is 1. The summed E-state index contributed by atoms with van der Waals surface area (Å²) in [6.45, 7) is 1.99. The number of hydrogen-bond acceptors (Lipinski definition) is 3. The highest BCUT2D eigenvalue weighted by Crippen LogP contribution is 2.28. The molecule has 0 aliphatic carbocycles. The predicted octanol–water partition coefficient (Wildman–Crippen LogP) is 3.18. The van der Waals surface area contributed by atoms with Crippen molar-refractivity contribution in [1.29, 1.82) is 0 Å². The molecule has 0 heterocycles. The number of rotatable bonds is 3. The van der Waals surface area contributed by atoms with Gasteiger partial charge in [-0.15, -0.1) is 0 Å². The molecule has 98 valence electrons. The van der Waals surface area contributed by atoms with E-state index in [1.165, 1.54) is 0 Å². The molecule has 1 amide bonds. The Morgan fingerprint density at radius 2 is 1.89 bits per heavy atom. The molecule has 0 spiro atoms. The van der Waals surface area contributed by atoms with Gasteiger partial charge in [0, 0.05) is 15.7 Å². The van der Waals surface area contributed by atoms with Crippen molar-refractivity contribution in [3.05, 3.63) is 52.0 Å². The van der Waals surface area contributed by atoms with Crippen LogP contribution in [0.3, 0.4) is 0 Å². The number of amides is 1. The molecule has 0 bridgehead atoms. The SMILES string of the molecule is Cc1ccc(Br)cc1Nc1cc(C(N)=O)ccc1N. The van der Waals surface area contributed by atoms with Gasteiger partial charge in [-0.25, -0.2) is 0 Å². The summed E-state index contributed by atoms with van der Waals surface area (Å²) in [6, 6.07) is 10.8. The molecular formula is C14H14BrN3O. The first kappa shape index (κ1) is 13.4. The van der Waals surface area contributed by atoms with E-state index in [1.807, 2.05) is 25.1 Å². The van der Waals surface area contributed by atoms with Gasteiger partial charge in [0.15, 0.2) is 0 Å². The lowest BCUT2D eigenvalue weighted by molar-refractivity contribution is 0.100. The zero-order valence-electron chi connectivity index (χ0n) is 10.4. The van der Waals surface area contributed by atoms with Crippen LogP contribution in [0.4, 0.5) is 17.1 Å². The largest absolute Gasteiger partial charge is 0.397 e. The lowest BCUT2D eigenvalue weighted by atomic mass is 10.1. The molecule has 5 heteroatoms. The minimum Gasteiger partial charge on any atom is -0.397 e. The molecule has 0 atom stereocenters. The van der Waals surface area contributed by atoms with Crippen LogP contribution >= 0.6 is 15.9 Å². The summed E-state index contributed by atoms with van der Waals surface area (Å²) >= 11 is 3.42. The fraction of sp³-hybridized carbons (Fsp3) is 0.0714. The topological polar surface area (TPSA) is 81.1 Å². The van der Waals surface area contributed by atoms with Crippen molar-refractivity contribution in [2.24, 2.45) is 5.73 Å². The van der Waals surface area contributed by atoms with Gasteiger partial charge in [-0.2, -0.15) is 0 Å². The highest BCUT2D eigenvalue weighted by molar-refractivity contribution is 9.10. The Kier molecular flexibility index (Phi) is 3.76. The van der Waals surface area contributed by atoms with Gasteiger partial charge in [0.25, 0.3) is 0 Å². The van der Waals surface area contributed by atoms with Crippen LogP contribution in [-0.4, -0.2) is 5.91 Å². The van der Waals surface area contributed by atoms with E-state index in [1.54, 1.807) is 18.2 Å². The van der Waals surface area contributed by atoms with E-state index in [0.717, 1.165) is 15.7 Å². The fourth-order valence-electron chi connectivity index (χ4n) is 1.69. The molecule has 0 aliphatic rings. The van der Waals surface area contributed by atoms with Crippen molar-refractivity contribution in [3.63, 3.8) is 0 Å². The van der Waals surface area contributed by atoms with E-state index in [0.29, 0.717) is 16.9 Å². The Labute approximate surface area is 119 Å². The molecule has 2 aromatic carbocycles. The predicted molar refractivity (Wildman–Crippen MR) is 81.5 cm³/mol. The minimum absolute atomic E-state index is 0.421. The van der Waals surface area contributed by atoms with Crippen molar-refractivity contribution in [2.75, 3.05) is 11.1 Å². The van der Waals surface area contributed by atoms with Gasteiger partial charge < -0.3 is 16.8 Å². The summed E-state index contributed by atoms with van der Waals surface area (Å²) in [6.07, 6.45) is 0. The molecule has 0 aromatic heterocycles. The molecular weight excluding hydrogens is 306 g/mol. The van der Waals surface area contributed by atoms with E-state index in [2.05, 4.69) is 21.2 Å². The maximum Gasteiger partial charge on any atom is 0.248 e. The Hall–Kier alpha value is -2.01. The zero-order valence-corrected chi connectivity index (χ0v) is 12.0. The summed E-state index contributed by atoms with van der Waals surface area (Å²) < 4.78 is 0.963. The summed E-state index contributed by atoms with van der Waals surface area (Å²) in [4.78, 5) is 11.2. The Balaban J connectivity index is 2.40. The standard InChI is InChI=1S/C14H14BrN3O/c1-8-2-4-10(15)7-12(8)18-13-6-9(14(17)19)3-5-11(13)16/h2-7,18H,16H2,1H3,(H2,17,19). The second-order valence-electron chi connectivity index (χ2n) is 4.25. The van der Waals surface area contributed by atoms with Crippen LogP contribution in [0.15, 0.2) is 40.9 Å². The van der Waals surface area contributed by atoms with Crippen molar-refractivity contribution in [2.45, 2.75) is 6.92 Å². The van der Waals surface area contributed by atoms with Gasteiger partial charge in [-0.3, -0.25) is 4.79 Å². The second-order valence-corrected chi connectivity index (χ2v) is 5.17. The lowest BCUT2D eigenvalue weighted by Crippen LogP contribution is -2.11. The molecule has 2 aromatic rings. The van der Waals surface area contributed by atoms with Crippen molar-refractivity contribution in [1.82, 2.24) is 0 Å². The Morgan fingerprint density at radius 1 is 1.16 bits per heavy atom. The molecule has 0 radical (unpaired) electrons. The normalized spacial score (nSPS) is 10.2. The van der Waals surface area contributed by atoms with Gasteiger partial charge in [-0.1, -0.05) is 22.0 Å². The first-order chi connectivity index (χ1) is 8.97. The number of hydrogen-bond donors (Lipinski definition) is 3. The number of halogens is 1. The third kappa shape index (κ3) is 3.06. The summed E-state index contributed by atoms with van der Waals surface area (Å²) in [5.41, 5.74) is 14.8. The van der Waals surface area contributed by atoms with E-state index < -0.39 is 5.91 Å². The van der Waals surface area contributed by atoms with Crippen LogP contribution in [0.5, 0.6) is 0 Å². The third-order valence-corrected chi connectivity index (χ3v) is 3.30. The van der Waals surface area contributed by atoms with Gasteiger partial charge in [0.1, 0.15) is 0 Å². The molecule has 0 aliphatic heterocycles. The van der Waals surface area contributed by atoms with E-state index in [4.69, 9.17) is 11.5 Å². The van der Waals surface area contributed by atoms with Crippen molar-refractivity contribution < 1.29 is 4.79 Å². The van der Waals surface area contributed by atoms with Crippen LogP contribution in [0.2, 0.25) is 0 Å². The molecule has 19 heavy (non-hydrogen) atoms. The summed E-state index contributed by atoms with van der Waals surface area (Å²) in [5, 5.41) is 3.21. The van der Waals surface area contributed by atoms with Crippen LogP contribution in [0, 0.1) is 6.92 Å². The molecule has 0 saturated carbocycles. The maximum atomic E-state index is 11.2. The number of nitrogens with one attached hydrogen (secondary N) is 1. The Morgan fingerprint density at radius 3 is 2.58 bits per heavy atom. The van der Waals surface area contributed by atoms with Crippen LogP contribution in [-0.2, 0) is 0 Å². The summed E-state index contributed by atoms with van der Waals surface area (Å²) in [7, 11) is 0. The maximum absolute atomic E-state index is 11.2. The number of benzene rings is 2. The van der Waals surface area contributed by atoms with Crippen LogP contribution in [0.1, 0.15) is 15.9 Å². The molecule has 4 nitrogen and oxygen atoms in total. The Bertz CT molecular complexity index is 641. The highest BCUT2D eigenvalue weighted by atomic mass is 79.9. The average molecular weight is 320 g/mol. The lowest BCUT2D eigenvalue weighted by Gasteiger charge is -2.13. The highest BCUT2D eigenvalue weighted by Gasteiger charge is 2.07. The molecule has 5 N–H and O–H groups in total. The molecule has 0 saturated heterocycles. The van der Waals surface area contributed by atoms with Crippen LogP contribution < -0.4 is 16.8 Å². The van der Waals surface area contributed by atoms with E-state index in [-0.39, 0.29) is 0 Å². The number of primary amides is 1. The number of anilines is 3. The smallest absolute Gasteiger partial charge is 0.248 e. The summed E-state index contributed by atoms with van der Waals surface area (Å²) in [5.74, 6) is -0.478.